The molecule has 0 aromatic rings. The van der Waals surface area contributed by atoms with Gasteiger partial charge in [0, 0.05) is 19.1 Å². The van der Waals surface area contributed by atoms with E-state index in [1.807, 2.05) is 0 Å². The largest absolute Gasteiger partial charge is 0.354 e. The maximum Gasteiger partial charge on any atom is 0.234 e. The van der Waals surface area contributed by atoms with Gasteiger partial charge in [-0.05, 0) is 51.1 Å². The summed E-state index contributed by atoms with van der Waals surface area (Å²) in [6.45, 7) is 6.76. The summed E-state index contributed by atoms with van der Waals surface area (Å²) in [4.78, 5) is 14.2. The molecule has 0 aromatic heterocycles. The first-order valence-corrected chi connectivity index (χ1v) is 8.01. The fourth-order valence-corrected chi connectivity index (χ4v) is 2.93. The molecule has 1 saturated heterocycles. The van der Waals surface area contributed by atoms with E-state index in [4.69, 9.17) is 0 Å². The highest BCUT2D eigenvalue weighted by molar-refractivity contribution is 5.77. The van der Waals surface area contributed by atoms with Crippen molar-refractivity contribution in [3.63, 3.8) is 0 Å². The van der Waals surface area contributed by atoms with E-state index in [1.54, 1.807) is 0 Å². The van der Waals surface area contributed by atoms with Crippen LogP contribution in [0.15, 0.2) is 0 Å². The van der Waals surface area contributed by atoms with Gasteiger partial charge in [0.05, 0.1) is 6.54 Å². The topological polar surface area (TPSA) is 44.4 Å². The second kappa shape index (κ2) is 7.85. The molecule has 1 aliphatic carbocycles. The molecular weight excluding hydrogens is 238 g/mol. The Bertz CT molecular complexity index is 279. The summed E-state index contributed by atoms with van der Waals surface area (Å²) in [6, 6.07) is 0.735. The number of carbonyl (C=O) groups excluding carboxylic acids is 1. The quantitative estimate of drug-likeness (QED) is 0.698. The molecule has 1 amide bonds. The third-order valence-electron chi connectivity index (χ3n) is 4.36. The van der Waals surface area contributed by atoms with Crippen LogP contribution in [0.4, 0.5) is 0 Å². The van der Waals surface area contributed by atoms with E-state index in [0.717, 1.165) is 31.6 Å². The molecule has 2 N–H and O–H groups in total. The summed E-state index contributed by atoms with van der Waals surface area (Å²) in [7, 11) is 0. The third kappa shape index (κ3) is 5.49. The normalized spacial score (nSPS) is 24.4. The molecule has 1 unspecified atom stereocenters. The first kappa shape index (κ1) is 14.8. The number of piperidine rings is 1. The summed E-state index contributed by atoms with van der Waals surface area (Å²) < 4.78 is 0. The number of likely N-dealkylation sites (tertiary alicyclic amines) is 1. The van der Waals surface area contributed by atoms with E-state index in [-0.39, 0.29) is 5.91 Å². The van der Waals surface area contributed by atoms with E-state index < -0.39 is 0 Å². The standard InChI is InChI=1S/C15H29N3O/c1-2-14-5-3-4-9-18(14)10-8-17-15(19)12-16-11-13-6-7-13/h13-14,16H,2-12H2,1H3,(H,17,19). The first-order chi connectivity index (χ1) is 9.29. The molecule has 0 spiro atoms. The molecule has 0 bridgehead atoms. The van der Waals surface area contributed by atoms with Crippen LogP contribution in [0.5, 0.6) is 0 Å². The molecule has 110 valence electrons. The van der Waals surface area contributed by atoms with Crippen LogP contribution in [0.3, 0.4) is 0 Å². The maximum absolute atomic E-state index is 11.6. The monoisotopic (exact) mass is 267 g/mol. The Kier molecular flexibility index (Phi) is 6.11. The predicted octanol–water partition coefficient (Wildman–Crippen LogP) is 1.37. The van der Waals surface area contributed by atoms with Gasteiger partial charge in [-0.15, -0.1) is 0 Å². The molecule has 19 heavy (non-hydrogen) atoms. The molecule has 4 heteroatoms. The fourth-order valence-electron chi connectivity index (χ4n) is 2.93. The van der Waals surface area contributed by atoms with Crippen molar-refractivity contribution in [1.29, 1.82) is 0 Å². The molecule has 1 heterocycles. The average Bonchev–Trinajstić information content (AvgIpc) is 3.23. The number of carbonyl (C=O) groups is 1. The lowest BCUT2D eigenvalue weighted by atomic mass is 10.0. The summed E-state index contributed by atoms with van der Waals surface area (Å²) in [6.07, 6.45) is 7.91. The first-order valence-electron chi connectivity index (χ1n) is 8.01. The van der Waals surface area contributed by atoms with Crippen LogP contribution in [0.2, 0.25) is 0 Å². The summed E-state index contributed by atoms with van der Waals surface area (Å²) in [5, 5.41) is 6.26. The van der Waals surface area contributed by atoms with E-state index in [9.17, 15) is 4.79 Å². The van der Waals surface area contributed by atoms with Crippen LogP contribution in [0.25, 0.3) is 0 Å². The van der Waals surface area contributed by atoms with Crippen molar-refractivity contribution in [2.45, 2.75) is 51.5 Å². The summed E-state index contributed by atoms with van der Waals surface area (Å²) in [5.74, 6) is 0.983. The van der Waals surface area contributed by atoms with Crippen molar-refractivity contribution < 1.29 is 4.79 Å². The van der Waals surface area contributed by atoms with Gasteiger partial charge in [0.1, 0.15) is 0 Å². The van der Waals surface area contributed by atoms with Crippen LogP contribution in [0, 0.1) is 5.92 Å². The molecule has 2 aliphatic rings. The second-order valence-corrected chi connectivity index (χ2v) is 6.02. The van der Waals surface area contributed by atoms with E-state index in [2.05, 4.69) is 22.5 Å². The van der Waals surface area contributed by atoms with E-state index in [1.165, 1.54) is 45.1 Å². The van der Waals surface area contributed by atoms with Gasteiger partial charge < -0.3 is 10.6 Å². The zero-order valence-electron chi connectivity index (χ0n) is 12.3. The molecule has 1 atom stereocenters. The fraction of sp³-hybridized carbons (Fsp3) is 0.933. The highest BCUT2D eigenvalue weighted by Crippen LogP contribution is 2.27. The smallest absolute Gasteiger partial charge is 0.234 e. The number of hydrogen-bond donors (Lipinski definition) is 2. The lowest BCUT2D eigenvalue weighted by Gasteiger charge is -2.35. The van der Waals surface area contributed by atoms with Gasteiger partial charge in [0.2, 0.25) is 5.91 Å². The van der Waals surface area contributed by atoms with E-state index in [0.29, 0.717) is 6.54 Å². The maximum atomic E-state index is 11.6. The van der Waals surface area contributed by atoms with Gasteiger partial charge >= 0.3 is 0 Å². The number of nitrogens with one attached hydrogen (secondary N) is 2. The van der Waals surface area contributed by atoms with Gasteiger partial charge in [0.15, 0.2) is 0 Å². The Morgan fingerprint density at radius 3 is 2.84 bits per heavy atom. The van der Waals surface area contributed by atoms with Crippen molar-refractivity contribution in [3.05, 3.63) is 0 Å². The SMILES string of the molecule is CCC1CCCCN1CCNC(=O)CNCC1CC1. The molecule has 1 saturated carbocycles. The van der Waals surface area contributed by atoms with Crippen molar-refractivity contribution in [2.24, 2.45) is 5.92 Å². The minimum absolute atomic E-state index is 0.144. The lowest BCUT2D eigenvalue weighted by molar-refractivity contribution is -0.120. The minimum Gasteiger partial charge on any atom is -0.354 e. The Labute approximate surface area is 117 Å². The number of hydrogen-bond acceptors (Lipinski definition) is 3. The Balaban J connectivity index is 1.52. The number of amides is 1. The molecule has 2 fully saturated rings. The second-order valence-electron chi connectivity index (χ2n) is 6.02. The van der Waals surface area contributed by atoms with Gasteiger partial charge in [-0.3, -0.25) is 9.69 Å². The van der Waals surface area contributed by atoms with Gasteiger partial charge in [-0.1, -0.05) is 13.3 Å². The Morgan fingerprint density at radius 1 is 1.26 bits per heavy atom. The average molecular weight is 267 g/mol. The van der Waals surface area contributed by atoms with E-state index >= 15 is 0 Å². The highest BCUT2D eigenvalue weighted by Gasteiger charge is 2.21. The predicted molar refractivity (Wildman–Crippen MR) is 78.1 cm³/mol. The lowest BCUT2D eigenvalue weighted by Crippen LogP contribution is -2.44. The molecule has 1 aliphatic heterocycles. The minimum atomic E-state index is 0.144. The van der Waals surface area contributed by atoms with Crippen LogP contribution in [-0.4, -0.2) is 49.6 Å². The zero-order chi connectivity index (χ0) is 13.5. The third-order valence-corrected chi connectivity index (χ3v) is 4.36. The Hall–Kier alpha value is -0.610. The van der Waals surface area contributed by atoms with Gasteiger partial charge in [-0.2, -0.15) is 0 Å². The van der Waals surface area contributed by atoms with Crippen molar-refractivity contribution >= 4 is 5.91 Å². The summed E-state index contributed by atoms with van der Waals surface area (Å²) >= 11 is 0. The summed E-state index contributed by atoms with van der Waals surface area (Å²) in [5.41, 5.74) is 0. The Morgan fingerprint density at radius 2 is 2.11 bits per heavy atom. The number of nitrogens with zero attached hydrogens (tertiary/aromatic N) is 1. The van der Waals surface area contributed by atoms with Crippen molar-refractivity contribution in [3.8, 4) is 0 Å². The van der Waals surface area contributed by atoms with Crippen LogP contribution >= 0.6 is 0 Å². The van der Waals surface area contributed by atoms with Crippen LogP contribution in [0.1, 0.15) is 45.4 Å². The van der Waals surface area contributed by atoms with Crippen LogP contribution < -0.4 is 10.6 Å². The van der Waals surface area contributed by atoms with Crippen molar-refractivity contribution in [1.82, 2.24) is 15.5 Å². The molecule has 0 radical (unpaired) electrons. The highest BCUT2D eigenvalue weighted by atomic mass is 16.1. The molecular formula is C15H29N3O. The number of rotatable bonds is 8. The van der Waals surface area contributed by atoms with Crippen molar-refractivity contribution in [2.75, 3.05) is 32.7 Å². The van der Waals surface area contributed by atoms with Gasteiger partial charge in [-0.25, -0.2) is 0 Å². The van der Waals surface area contributed by atoms with Gasteiger partial charge in [0.25, 0.3) is 0 Å². The zero-order valence-corrected chi connectivity index (χ0v) is 12.3. The molecule has 2 rings (SSSR count). The van der Waals surface area contributed by atoms with Crippen LogP contribution in [-0.2, 0) is 4.79 Å². The molecule has 0 aromatic carbocycles. The molecule has 4 nitrogen and oxygen atoms in total.